The molecule has 0 amide bonds. The van der Waals surface area contributed by atoms with Crippen molar-refractivity contribution in [3.63, 3.8) is 0 Å². The van der Waals surface area contributed by atoms with Crippen molar-refractivity contribution in [1.82, 2.24) is 0 Å². The molecular weight excluding hydrogens is 258 g/mol. The zero-order chi connectivity index (χ0) is 14.7. The average Bonchev–Trinajstić information content (AvgIpc) is 2.56. The van der Waals surface area contributed by atoms with E-state index in [0.29, 0.717) is 11.1 Å². The molecule has 0 bridgehead atoms. The van der Waals surface area contributed by atoms with Gasteiger partial charge >= 0.3 is 0 Å². The number of nitrogens with two attached hydrogens (primary N) is 1. The third-order valence-electron chi connectivity index (χ3n) is 3.43. The maximum atomic E-state index is 12.3. The van der Waals surface area contributed by atoms with Gasteiger partial charge in [-0.05, 0) is 23.3 Å². The highest BCUT2D eigenvalue weighted by Gasteiger charge is 2.08. The molecule has 3 aromatic carbocycles. The summed E-state index contributed by atoms with van der Waals surface area (Å²) in [6.45, 7) is 0. The van der Waals surface area contributed by atoms with Gasteiger partial charge in [0.05, 0.1) is 0 Å². The van der Waals surface area contributed by atoms with E-state index in [-0.39, 0.29) is 5.78 Å². The van der Waals surface area contributed by atoms with Crippen LogP contribution in [0.3, 0.4) is 0 Å². The smallest absolute Gasteiger partial charge is 0.193 e. The molecule has 0 aliphatic heterocycles. The third kappa shape index (κ3) is 2.84. The molecule has 0 heterocycles. The second-order valence-electron chi connectivity index (χ2n) is 4.89. The Morgan fingerprint density at radius 1 is 0.619 bits per heavy atom. The molecule has 102 valence electrons. The molecule has 3 rings (SSSR count). The van der Waals surface area contributed by atoms with Crippen LogP contribution in [0.2, 0.25) is 0 Å². The van der Waals surface area contributed by atoms with Crippen LogP contribution >= 0.6 is 0 Å². The van der Waals surface area contributed by atoms with E-state index < -0.39 is 0 Å². The first-order valence-electron chi connectivity index (χ1n) is 6.80. The number of hydrogen-bond acceptors (Lipinski definition) is 2. The molecule has 0 unspecified atom stereocenters. The van der Waals surface area contributed by atoms with Gasteiger partial charge in [0.2, 0.25) is 0 Å². The van der Waals surface area contributed by atoms with Gasteiger partial charge in [0.1, 0.15) is 0 Å². The van der Waals surface area contributed by atoms with E-state index in [1.165, 1.54) is 0 Å². The monoisotopic (exact) mass is 273 g/mol. The summed E-state index contributed by atoms with van der Waals surface area (Å²) in [5.74, 6) is 0.0412. The van der Waals surface area contributed by atoms with Crippen LogP contribution in [0.5, 0.6) is 0 Å². The lowest BCUT2D eigenvalue weighted by Crippen LogP contribution is -2.00. The highest BCUT2D eigenvalue weighted by Crippen LogP contribution is 2.21. The summed E-state index contributed by atoms with van der Waals surface area (Å²) in [6.07, 6.45) is 0. The van der Waals surface area contributed by atoms with Gasteiger partial charge in [-0.2, -0.15) is 0 Å². The number of hydrogen-bond donors (Lipinski definition) is 1. The normalized spacial score (nSPS) is 10.3. The Kier molecular flexibility index (Phi) is 3.52. The number of benzene rings is 3. The van der Waals surface area contributed by atoms with Gasteiger partial charge in [-0.3, -0.25) is 4.79 Å². The van der Waals surface area contributed by atoms with E-state index in [1.807, 2.05) is 78.9 Å². The first-order chi connectivity index (χ1) is 10.2. The minimum absolute atomic E-state index is 0.0412. The topological polar surface area (TPSA) is 43.1 Å². The molecule has 0 atom stereocenters. The fraction of sp³-hybridized carbons (Fsp3) is 0. The molecule has 0 aliphatic carbocycles. The standard InChI is InChI=1S/C19H15NO/c20-18-12-10-15(11-13-18)14-6-8-17(9-7-14)19(21)16-4-2-1-3-5-16/h1-13H,20H2. The Morgan fingerprint density at radius 2 is 1.10 bits per heavy atom. The number of rotatable bonds is 3. The molecule has 0 aromatic heterocycles. The van der Waals surface area contributed by atoms with Crippen LogP contribution < -0.4 is 5.73 Å². The van der Waals surface area contributed by atoms with Crippen LogP contribution in [-0.4, -0.2) is 5.78 Å². The maximum absolute atomic E-state index is 12.3. The van der Waals surface area contributed by atoms with E-state index in [1.54, 1.807) is 0 Å². The molecule has 3 aromatic rings. The zero-order valence-corrected chi connectivity index (χ0v) is 11.5. The van der Waals surface area contributed by atoms with Crippen molar-refractivity contribution in [2.75, 3.05) is 5.73 Å². The molecule has 0 fully saturated rings. The Hall–Kier alpha value is -2.87. The first kappa shape index (κ1) is 13.1. The van der Waals surface area contributed by atoms with Gasteiger partial charge < -0.3 is 5.73 Å². The van der Waals surface area contributed by atoms with Crippen LogP contribution in [0.25, 0.3) is 11.1 Å². The van der Waals surface area contributed by atoms with E-state index in [0.717, 1.165) is 16.8 Å². The van der Waals surface area contributed by atoms with Crippen molar-refractivity contribution in [2.45, 2.75) is 0 Å². The molecule has 21 heavy (non-hydrogen) atoms. The molecule has 2 heteroatoms. The predicted octanol–water partition coefficient (Wildman–Crippen LogP) is 4.17. The summed E-state index contributed by atoms with van der Waals surface area (Å²) in [4.78, 5) is 12.3. The van der Waals surface area contributed by atoms with Crippen LogP contribution in [0.4, 0.5) is 5.69 Å². The molecule has 0 aliphatic rings. The van der Waals surface area contributed by atoms with Gasteiger partial charge in [0, 0.05) is 16.8 Å². The first-order valence-corrected chi connectivity index (χ1v) is 6.80. The van der Waals surface area contributed by atoms with Crippen LogP contribution in [0.1, 0.15) is 15.9 Å². The molecule has 0 radical (unpaired) electrons. The molecular formula is C19H15NO. The van der Waals surface area contributed by atoms with Crippen LogP contribution in [0, 0.1) is 0 Å². The number of carbonyl (C=O) groups excluding carboxylic acids is 1. The Labute approximate surface area is 123 Å². The average molecular weight is 273 g/mol. The molecule has 0 saturated carbocycles. The lowest BCUT2D eigenvalue weighted by molar-refractivity contribution is 0.103. The second-order valence-corrected chi connectivity index (χ2v) is 4.89. The quantitative estimate of drug-likeness (QED) is 0.575. The lowest BCUT2D eigenvalue weighted by atomic mass is 9.99. The number of carbonyl (C=O) groups is 1. The second kappa shape index (κ2) is 5.63. The van der Waals surface area contributed by atoms with Crippen LogP contribution in [-0.2, 0) is 0 Å². The van der Waals surface area contributed by atoms with Gasteiger partial charge in [0.15, 0.2) is 5.78 Å². The maximum Gasteiger partial charge on any atom is 0.193 e. The predicted molar refractivity (Wildman–Crippen MR) is 86.2 cm³/mol. The fourth-order valence-electron chi connectivity index (χ4n) is 2.25. The number of anilines is 1. The van der Waals surface area contributed by atoms with Crippen molar-refractivity contribution < 1.29 is 4.79 Å². The van der Waals surface area contributed by atoms with E-state index in [4.69, 9.17) is 5.73 Å². The van der Waals surface area contributed by atoms with Crippen molar-refractivity contribution in [3.8, 4) is 11.1 Å². The number of ketones is 1. The van der Waals surface area contributed by atoms with Crippen molar-refractivity contribution in [2.24, 2.45) is 0 Å². The SMILES string of the molecule is Nc1ccc(-c2ccc(C(=O)c3ccccc3)cc2)cc1. The molecule has 2 nitrogen and oxygen atoms in total. The Balaban J connectivity index is 1.87. The van der Waals surface area contributed by atoms with E-state index in [2.05, 4.69) is 0 Å². The van der Waals surface area contributed by atoms with Gasteiger partial charge in [-0.25, -0.2) is 0 Å². The highest BCUT2D eigenvalue weighted by atomic mass is 16.1. The van der Waals surface area contributed by atoms with Crippen LogP contribution in [0.15, 0.2) is 78.9 Å². The Bertz CT molecular complexity index is 744. The van der Waals surface area contributed by atoms with Crippen molar-refractivity contribution in [1.29, 1.82) is 0 Å². The highest BCUT2D eigenvalue weighted by molar-refractivity contribution is 6.09. The van der Waals surface area contributed by atoms with E-state index >= 15 is 0 Å². The summed E-state index contributed by atoms with van der Waals surface area (Å²) < 4.78 is 0. The minimum atomic E-state index is 0.0412. The van der Waals surface area contributed by atoms with E-state index in [9.17, 15) is 4.79 Å². The molecule has 0 saturated heterocycles. The largest absolute Gasteiger partial charge is 0.399 e. The van der Waals surface area contributed by atoms with Gasteiger partial charge in [-0.15, -0.1) is 0 Å². The van der Waals surface area contributed by atoms with Gasteiger partial charge in [-0.1, -0.05) is 66.7 Å². The summed E-state index contributed by atoms with van der Waals surface area (Å²) in [5.41, 5.74) is 9.99. The Morgan fingerprint density at radius 3 is 1.67 bits per heavy atom. The lowest BCUT2D eigenvalue weighted by Gasteiger charge is -2.05. The number of nitrogen functional groups attached to an aromatic ring is 1. The fourth-order valence-corrected chi connectivity index (χ4v) is 2.25. The minimum Gasteiger partial charge on any atom is -0.399 e. The van der Waals surface area contributed by atoms with Crippen molar-refractivity contribution in [3.05, 3.63) is 90.0 Å². The summed E-state index contributed by atoms with van der Waals surface area (Å²) >= 11 is 0. The summed E-state index contributed by atoms with van der Waals surface area (Å²) in [7, 11) is 0. The molecule has 2 N–H and O–H groups in total. The van der Waals surface area contributed by atoms with Crippen molar-refractivity contribution >= 4 is 11.5 Å². The molecule has 0 spiro atoms. The zero-order valence-electron chi connectivity index (χ0n) is 11.5. The summed E-state index contributed by atoms with van der Waals surface area (Å²) in [5, 5.41) is 0. The van der Waals surface area contributed by atoms with Gasteiger partial charge in [0.25, 0.3) is 0 Å². The summed E-state index contributed by atoms with van der Waals surface area (Å²) in [6, 6.07) is 24.6. The third-order valence-corrected chi connectivity index (χ3v) is 3.43.